The lowest BCUT2D eigenvalue weighted by Crippen LogP contribution is -2.46. The second-order valence-corrected chi connectivity index (χ2v) is 5.36. The van der Waals surface area contributed by atoms with Gasteiger partial charge in [-0.05, 0) is 32.6 Å². The molecule has 1 saturated heterocycles. The summed E-state index contributed by atoms with van der Waals surface area (Å²) in [6.07, 6.45) is 1.94. The Morgan fingerprint density at radius 3 is 2.39 bits per heavy atom. The first-order chi connectivity index (χ1) is 8.39. The second-order valence-electron chi connectivity index (χ2n) is 5.36. The van der Waals surface area contributed by atoms with Crippen molar-refractivity contribution >= 4 is 11.9 Å². The molecule has 5 nitrogen and oxygen atoms in total. The summed E-state index contributed by atoms with van der Waals surface area (Å²) in [5.74, 6) is -0.228. The van der Waals surface area contributed by atoms with Crippen molar-refractivity contribution < 1.29 is 19.1 Å². The van der Waals surface area contributed by atoms with Crippen LogP contribution in [0, 0.1) is 11.3 Å². The number of nitrogens with zero attached hydrogens (tertiary/aromatic N) is 1. The fraction of sp³-hybridized carbons (Fsp3) is 0.846. The summed E-state index contributed by atoms with van der Waals surface area (Å²) < 4.78 is 9.96. The van der Waals surface area contributed by atoms with Crippen LogP contribution >= 0.6 is 0 Å². The molecule has 0 aromatic rings. The van der Waals surface area contributed by atoms with Gasteiger partial charge < -0.3 is 14.4 Å². The Hall–Kier alpha value is -1.10. The lowest BCUT2D eigenvalue weighted by atomic mass is 9.91. The first-order valence-electron chi connectivity index (χ1n) is 6.31. The summed E-state index contributed by atoms with van der Waals surface area (Å²) in [5.41, 5.74) is -1.12. The molecule has 1 rings (SSSR count). The third kappa shape index (κ3) is 3.45. The molecule has 104 valence electrons. The number of rotatable bonds is 4. The van der Waals surface area contributed by atoms with Crippen molar-refractivity contribution in [2.24, 2.45) is 11.3 Å². The molecule has 1 amide bonds. The molecule has 1 heterocycles. The Kier molecular flexibility index (Phi) is 5.14. The third-order valence-electron chi connectivity index (χ3n) is 3.45. The maximum absolute atomic E-state index is 12.2. The van der Waals surface area contributed by atoms with E-state index in [0.29, 0.717) is 12.5 Å². The van der Waals surface area contributed by atoms with Gasteiger partial charge >= 0.3 is 5.97 Å². The first-order valence-corrected chi connectivity index (χ1v) is 6.31. The Labute approximate surface area is 108 Å². The maximum Gasteiger partial charge on any atom is 0.320 e. The Bertz CT molecular complexity index is 308. The number of ether oxygens (including phenoxy) is 2. The van der Waals surface area contributed by atoms with Crippen molar-refractivity contribution in [2.75, 3.05) is 33.9 Å². The molecular weight excluding hydrogens is 234 g/mol. The van der Waals surface area contributed by atoms with Crippen LogP contribution < -0.4 is 0 Å². The highest BCUT2D eigenvalue weighted by atomic mass is 16.5. The van der Waals surface area contributed by atoms with Crippen LogP contribution in [-0.4, -0.2) is 50.7 Å². The van der Waals surface area contributed by atoms with Gasteiger partial charge in [-0.1, -0.05) is 0 Å². The zero-order chi connectivity index (χ0) is 13.8. The summed E-state index contributed by atoms with van der Waals surface area (Å²) in [6.45, 7) is 5.38. The van der Waals surface area contributed by atoms with E-state index in [2.05, 4.69) is 4.74 Å². The lowest BCUT2D eigenvalue weighted by molar-refractivity contribution is -0.160. The molecule has 1 aliphatic rings. The molecule has 0 radical (unpaired) electrons. The van der Waals surface area contributed by atoms with E-state index in [1.165, 1.54) is 7.11 Å². The fourth-order valence-corrected chi connectivity index (χ4v) is 2.22. The number of carbonyl (C=O) groups excluding carboxylic acids is 2. The molecule has 0 aromatic heterocycles. The molecule has 0 aromatic carbocycles. The van der Waals surface area contributed by atoms with E-state index in [0.717, 1.165) is 26.1 Å². The molecule has 1 fully saturated rings. The van der Waals surface area contributed by atoms with Crippen molar-refractivity contribution in [3.63, 3.8) is 0 Å². The topological polar surface area (TPSA) is 55.8 Å². The van der Waals surface area contributed by atoms with Crippen LogP contribution in [0.2, 0.25) is 0 Å². The average molecular weight is 257 g/mol. The maximum atomic E-state index is 12.2. The van der Waals surface area contributed by atoms with Crippen molar-refractivity contribution in [1.29, 1.82) is 0 Å². The minimum Gasteiger partial charge on any atom is -0.468 e. The predicted molar refractivity (Wildman–Crippen MR) is 67.0 cm³/mol. The molecular formula is C13H23NO4. The van der Waals surface area contributed by atoms with Crippen LogP contribution in [0.1, 0.15) is 26.7 Å². The van der Waals surface area contributed by atoms with Gasteiger partial charge in [0.15, 0.2) is 0 Å². The number of esters is 1. The Morgan fingerprint density at radius 1 is 1.33 bits per heavy atom. The van der Waals surface area contributed by atoms with Gasteiger partial charge in [-0.15, -0.1) is 0 Å². The van der Waals surface area contributed by atoms with Gasteiger partial charge in [0.05, 0.1) is 7.11 Å². The largest absolute Gasteiger partial charge is 0.468 e. The number of carbonyl (C=O) groups is 2. The van der Waals surface area contributed by atoms with E-state index in [1.807, 2.05) is 0 Å². The Balaban J connectivity index is 2.57. The molecule has 18 heavy (non-hydrogen) atoms. The smallest absolute Gasteiger partial charge is 0.320 e. The predicted octanol–water partition coefficient (Wildman–Crippen LogP) is 1.07. The quantitative estimate of drug-likeness (QED) is 0.558. The first kappa shape index (κ1) is 15.0. The highest BCUT2D eigenvalue weighted by Gasteiger charge is 2.39. The zero-order valence-electron chi connectivity index (χ0n) is 11.7. The molecule has 1 aliphatic heterocycles. The average Bonchev–Trinajstić information content (AvgIpc) is 2.37. The number of hydrogen-bond acceptors (Lipinski definition) is 4. The minimum absolute atomic E-state index is 0.194. The molecule has 0 N–H and O–H groups in total. The van der Waals surface area contributed by atoms with Crippen LogP contribution in [0.15, 0.2) is 0 Å². The van der Waals surface area contributed by atoms with Gasteiger partial charge in [-0.25, -0.2) is 0 Å². The van der Waals surface area contributed by atoms with Crippen molar-refractivity contribution in [1.82, 2.24) is 4.90 Å². The molecule has 0 saturated carbocycles. The van der Waals surface area contributed by atoms with Crippen molar-refractivity contribution in [3.8, 4) is 0 Å². The van der Waals surface area contributed by atoms with Crippen LogP contribution in [0.5, 0.6) is 0 Å². The zero-order valence-corrected chi connectivity index (χ0v) is 11.7. The summed E-state index contributed by atoms with van der Waals surface area (Å²) in [7, 11) is 3.04. The van der Waals surface area contributed by atoms with Gasteiger partial charge in [0.1, 0.15) is 5.41 Å². The lowest BCUT2D eigenvalue weighted by Gasteiger charge is -2.31. The van der Waals surface area contributed by atoms with Gasteiger partial charge in [0, 0.05) is 26.8 Å². The second kappa shape index (κ2) is 6.18. The number of methoxy groups -OCH3 is 1. The van der Waals surface area contributed by atoms with Gasteiger partial charge in [-0.2, -0.15) is 0 Å². The monoisotopic (exact) mass is 257 g/mol. The van der Waals surface area contributed by atoms with Crippen molar-refractivity contribution in [2.45, 2.75) is 26.7 Å². The Morgan fingerprint density at radius 2 is 1.89 bits per heavy atom. The molecule has 0 bridgehead atoms. The van der Waals surface area contributed by atoms with E-state index < -0.39 is 11.4 Å². The van der Waals surface area contributed by atoms with Crippen LogP contribution in [0.25, 0.3) is 0 Å². The summed E-state index contributed by atoms with van der Waals surface area (Å²) in [5, 5.41) is 0. The van der Waals surface area contributed by atoms with E-state index >= 15 is 0 Å². The molecule has 0 unspecified atom stereocenters. The van der Waals surface area contributed by atoms with Gasteiger partial charge in [0.25, 0.3) is 0 Å². The van der Waals surface area contributed by atoms with E-state index in [-0.39, 0.29) is 5.91 Å². The van der Waals surface area contributed by atoms with Crippen LogP contribution in [-0.2, 0) is 19.1 Å². The molecule has 0 atom stereocenters. The van der Waals surface area contributed by atoms with Crippen LogP contribution in [0.3, 0.4) is 0 Å². The third-order valence-corrected chi connectivity index (χ3v) is 3.45. The standard InChI is InChI=1S/C13H23NO4/c1-13(2,12(16)17-4)11(15)14(3)9-10-5-7-18-8-6-10/h10H,5-9H2,1-4H3. The van der Waals surface area contributed by atoms with Crippen molar-refractivity contribution in [3.05, 3.63) is 0 Å². The van der Waals surface area contributed by atoms with E-state index in [1.54, 1.807) is 25.8 Å². The summed E-state index contributed by atoms with van der Waals surface area (Å²) in [6, 6.07) is 0. The molecule has 0 aliphatic carbocycles. The summed E-state index contributed by atoms with van der Waals surface area (Å²) in [4.78, 5) is 25.4. The molecule has 5 heteroatoms. The number of amides is 1. The van der Waals surface area contributed by atoms with Crippen LogP contribution in [0.4, 0.5) is 0 Å². The highest BCUT2D eigenvalue weighted by molar-refractivity contribution is 6.01. The molecule has 0 spiro atoms. The highest BCUT2D eigenvalue weighted by Crippen LogP contribution is 2.22. The number of hydrogen-bond donors (Lipinski definition) is 0. The summed E-state index contributed by atoms with van der Waals surface area (Å²) >= 11 is 0. The van der Waals surface area contributed by atoms with E-state index in [4.69, 9.17) is 4.74 Å². The fourth-order valence-electron chi connectivity index (χ4n) is 2.22. The van der Waals surface area contributed by atoms with Gasteiger partial charge in [0.2, 0.25) is 5.91 Å². The minimum atomic E-state index is -1.12. The SMILES string of the molecule is COC(=O)C(C)(C)C(=O)N(C)CC1CCOCC1. The normalized spacial score (nSPS) is 17.3. The van der Waals surface area contributed by atoms with Gasteiger partial charge in [-0.3, -0.25) is 9.59 Å². The van der Waals surface area contributed by atoms with E-state index in [9.17, 15) is 9.59 Å².